The number of nitrogen functional groups attached to an aromatic ring is 1. The lowest BCUT2D eigenvalue weighted by Gasteiger charge is -2.14. The highest BCUT2D eigenvalue weighted by Gasteiger charge is 2.22. The normalized spacial score (nSPS) is 12.2. The standard InChI is InChI=1S/C12H14N2O3S/c1-14(2)18(16,17)11-7-6-8-9(12(11)15)4-3-5-10(8)13/h3-7,15H,13H2,1-2H3. The highest BCUT2D eigenvalue weighted by atomic mass is 32.2. The minimum absolute atomic E-state index is 0.120. The van der Waals surface area contributed by atoms with E-state index in [4.69, 9.17) is 5.73 Å². The van der Waals surface area contributed by atoms with E-state index in [1.807, 2.05) is 0 Å². The fourth-order valence-electron chi connectivity index (χ4n) is 1.75. The van der Waals surface area contributed by atoms with Crippen LogP contribution < -0.4 is 5.73 Å². The Morgan fingerprint density at radius 1 is 1.11 bits per heavy atom. The maximum Gasteiger partial charge on any atom is 0.246 e. The maximum atomic E-state index is 12.0. The molecule has 0 aliphatic carbocycles. The first-order valence-electron chi connectivity index (χ1n) is 5.28. The summed E-state index contributed by atoms with van der Waals surface area (Å²) in [5.74, 6) is -0.270. The second-order valence-electron chi connectivity index (χ2n) is 4.14. The Hall–Kier alpha value is -1.79. The van der Waals surface area contributed by atoms with Crippen LogP contribution in [0.2, 0.25) is 0 Å². The van der Waals surface area contributed by atoms with Gasteiger partial charge in [0, 0.05) is 30.6 Å². The molecule has 0 heterocycles. The molecule has 0 amide bonds. The van der Waals surface area contributed by atoms with Crippen LogP contribution in [0.4, 0.5) is 5.69 Å². The predicted molar refractivity (Wildman–Crippen MR) is 70.9 cm³/mol. The lowest BCUT2D eigenvalue weighted by Crippen LogP contribution is -2.22. The number of aromatic hydroxyl groups is 1. The van der Waals surface area contributed by atoms with Gasteiger partial charge >= 0.3 is 0 Å². The molecule has 0 saturated heterocycles. The molecule has 3 N–H and O–H groups in total. The summed E-state index contributed by atoms with van der Waals surface area (Å²) >= 11 is 0. The van der Waals surface area contributed by atoms with Crippen LogP contribution in [0, 0.1) is 0 Å². The molecule has 0 radical (unpaired) electrons. The Morgan fingerprint density at radius 2 is 1.78 bits per heavy atom. The van der Waals surface area contributed by atoms with Gasteiger partial charge in [-0.1, -0.05) is 18.2 Å². The molecule has 2 aromatic rings. The molecule has 0 fully saturated rings. The van der Waals surface area contributed by atoms with Gasteiger partial charge in [0.1, 0.15) is 10.6 Å². The molecule has 0 bridgehead atoms. The summed E-state index contributed by atoms with van der Waals surface area (Å²) < 4.78 is 25.1. The first kappa shape index (κ1) is 12.7. The number of rotatable bonds is 2. The molecule has 2 rings (SSSR count). The van der Waals surface area contributed by atoms with Crippen molar-refractivity contribution in [3.63, 3.8) is 0 Å². The molecule has 2 aromatic carbocycles. The van der Waals surface area contributed by atoms with Crippen LogP contribution in [0.1, 0.15) is 0 Å². The van der Waals surface area contributed by atoms with Crippen molar-refractivity contribution in [3.8, 4) is 5.75 Å². The molecule has 0 atom stereocenters. The van der Waals surface area contributed by atoms with Gasteiger partial charge in [0.15, 0.2) is 0 Å². The summed E-state index contributed by atoms with van der Waals surface area (Å²) in [5.41, 5.74) is 6.27. The SMILES string of the molecule is CN(C)S(=O)(=O)c1ccc2c(N)cccc2c1O. The summed E-state index contributed by atoms with van der Waals surface area (Å²) in [4.78, 5) is -0.120. The van der Waals surface area contributed by atoms with Crippen LogP contribution in [-0.2, 0) is 10.0 Å². The lowest BCUT2D eigenvalue weighted by molar-refractivity contribution is 0.458. The van der Waals surface area contributed by atoms with Gasteiger partial charge in [-0.2, -0.15) is 0 Å². The minimum Gasteiger partial charge on any atom is -0.506 e. The molecule has 96 valence electrons. The van der Waals surface area contributed by atoms with E-state index in [-0.39, 0.29) is 10.6 Å². The second kappa shape index (κ2) is 4.15. The van der Waals surface area contributed by atoms with Gasteiger partial charge in [-0.15, -0.1) is 0 Å². The number of hydrogen-bond donors (Lipinski definition) is 2. The van der Waals surface area contributed by atoms with E-state index >= 15 is 0 Å². The third-order valence-corrected chi connectivity index (χ3v) is 4.64. The van der Waals surface area contributed by atoms with Gasteiger partial charge in [0.25, 0.3) is 0 Å². The average Bonchev–Trinajstić information content (AvgIpc) is 2.30. The first-order valence-corrected chi connectivity index (χ1v) is 6.72. The van der Waals surface area contributed by atoms with Gasteiger partial charge in [-0.3, -0.25) is 0 Å². The third-order valence-electron chi connectivity index (χ3n) is 2.79. The smallest absolute Gasteiger partial charge is 0.246 e. The molecule has 0 aromatic heterocycles. The number of fused-ring (bicyclic) bond motifs is 1. The predicted octanol–water partition coefficient (Wildman–Crippen LogP) is 1.38. The average molecular weight is 266 g/mol. The Kier molecular flexibility index (Phi) is 2.92. The molecule has 0 unspecified atom stereocenters. The Morgan fingerprint density at radius 3 is 2.39 bits per heavy atom. The number of sulfonamides is 1. The zero-order valence-corrected chi connectivity index (χ0v) is 10.9. The van der Waals surface area contributed by atoms with Gasteiger partial charge < -0.3 is 10.8 Å². The Labute approximate surface area is 105 Å². The first-order chi connectivity index (χ1) is 8.35. The van der Waals surface area contributed by atoms with E-state index in [1.54, 1.807) is 24.3 Å². The quantitative estimate of drug-likeness (QED) is 0.804. The zero-order chi connectivity index (χ0) is 13.5. The number of nitrogens with zero attached hydrogens (tertiary/aromatic N) is 1. The number of phenolic OH excluding ortho intramolecular Hbond substituents is 1. The van der Waals surface area contributed by atoms with Crippen molar-refractivity contribution < 1.29 is 13.5 Å². The van der Waals surface area contributed by atoms with Crippen molar-refractivity contribution in [1.82, 2.24) is 4.31 Å². The van der Waals surface area contributed by atoms with Gasteiger partial charge in [-0.05, 0) is 12.1 Å². The van der Waals surface area contributed by atoms with Crippen LogP contribution in [0.3, 0.4) is 0 Å². The van der Waals surface area contributed by atoms with Crippen LogP contribution in [0.15, 0.2) is 35.2 Å². The molecule has 5 nitrogen and oxygen atoms in total. The number of nitrogens with two attached hydrogens (primary N) is 1. The molecular weight excluding hydrogens is 252 g/mol. The lowest BCUT2D eigenvalue weighted by atomic mass is 10.1. The molecule has 18 heavy (non-hydrogen) atoms. The fraction of sp³-hybridized carbons (Fsp3) is 0.167. The Balaban J connectivity index is 2.82. The van der Waals surface area contributed by atoms with Crippen molar-refractivity contribution in [3.05, 3.63) is 30.3 Å². The molecular formula is C12H14N2O3S. The van der Waals surface area contributed by atoms with Crippen molar-refractivity contribution in [2.75, 3.05) is 19.8 Å². The van der Waals surface area contributed by atoms with Crippen molar-refractivity contribution in [2.45, 2.75) is 4.90 Å². The summed E-state index contributed by atoms with van der Waals surface area (Å²) in [6.45, 7) is 0. The van der Waals surface area contributed by atoms with Crippen molar-refractivity contribution >= 4 is 26.5 Å². The van der Waals surface area contributed by atoms with Crippen LogP contribution >= 0.6 is 0 Å². The van der Waals surface area contributed by atoms with Gasteiger partial charge in [0.05, 0.1) is 0 Å². The summed E-state index contributed by atoms with van der Waals surface area (Å²) in [5, 5.41) is 11.2. The number of benzene rings is 2. The van der Waals surface area contributed by atoms with E-state index in [9.17, 15) is 13.5 Å². The zero-order valence-electron chi connectivity index (χ0n) is 10.1. The van der Waals surface area contributed by atoms with Gasteiger partial charge in [-0.25, -0.2) is 12.7 Å². The summed E-state index contributed by atoms with van der Waals surface area (Å²) in [7, 11) is -0.839. The fourth-order valence-corrected chi connectivity index (χ4v) is 2.74. The third kappa shape index (κ3) is 1.79. The topological polar surface area (TPSA) is 83.6 Å². The monoisotopic (exact) mass is 266 g/mol. The highest BCUT2D eigenvalue weighted by molar-refractivity contribution is 7.89. The molecule has 6 heteroatoms. The maximum absolute atomic E-state index is 12.0. The number of hydrogen-bond acceptors (Lipinski definition) is 4. The van der Waals surface area contributed by atoms with Gasteiger partial charge in [0.2, 0.25) is 10.0 Å². The largest absolute Gasteiger partial charge is 0.506 e. The minimum atomic E-state index is -3.67. The van der Waals surface area contributed by atoms with Crippen LogP contribution in [-0.4, -0.2) is 31.9 Å². The molecule has 0 saturated carbocycles. The van der Waals surface area contributed by atoms with Crippen molar-refractivity contribution in [2.24, 2.45) is 0 Å². The van der Waals surface area contributed by atoms with E-state index in [1.165, 1.54) is 20.2 Å². The second-order valence-corrected chi connectivity index (χ2v) is 6.26. The Bertz CT molecular complexity index is 709. The van der Waals surface area contributed by atoms with Crippen molar-refractivity contribution in [1.29, 1.82) is 0 Å². The molecule has 0 aliphatic rings. The molecule has 0 spiro atoms. The summed E-state index contributed by atoms with van der Waals surface area (Å²) in [6, 6.07) is 7.96. The molecule has 0 aliphatic heterocycles. The van der Waals surface area contributed by atoms with Crippen LogP contribution in [0.25, 0.3) is 10.8 Å². The highest BCUT2D eigenvalue weighted by Crippen LogP contribution is 2.34. The number of phenols is 1. The van der Waals surface area contributed by atoms with Crippen LogP contribution in [0.5, 0.6) is 5.75 Å². The van der Waals surface area contributed by atoms with E-state index in [0.717, 1.165) is 4.31 Å². The number of anilines is 1. The summed E-state index contributed by atoms with van der Waals surface area (Å²) in [6.07, 6.45) is 0. The van der Waals surface area contributed by atoms with E-state index in [2.05, 4.69) is 0 Å². The van der Waals surface area contributed by atoms with E-state index in [0.29, 0.717) is 16.5 Å². The van der Waals surface area contributed by atoms with E-state index < -0.39 is 10.0 Å².